The number of nitrogens with zero attached hydrogens (tertiary/aromatic N) is 1. The molecular formula is C68H45N. The zero-order valence-corrected chi connectivity index (χ0v) is 37.9. The second-order valence-electron chi connectivity index (χ2n) is 18.0. The van der Waals surface area contributed by atoms with Crippen molar-refractivity contribution in [3.8, 4) is 55.6 Å². The first kappa shape index (κ1) is 40.3. The van der Waals surface area contributed by atoms with Gasteiger partial charge in [-0.05, 0) is 158 Å². The molecule has 322 valence electrons. The van der Waals surface area contributed by atoms with Gasteiger partial charge in [-0.15, -0.1) is 0 Å². The van der Waals surface area contributed by atoms with Crippen LogP contribution in [-0.4, -0.2) is 0 Å². The highest BCUT2D eigenvalue weighted by molar-refractivity contribution is 6.22. The fourth-order valence-corrected chi connectivity index (χ4v) is 10.8. The summed E-state index contributed by atoms with van der Waals surface area (Å²) in [5, 5.41) is 12.6. The summed E-state index contributed by atoms with van der Waals surface area (Å²) < 4.78 is 0. The molecule has 69 heavy (non-hydrogen) atoms. The molecule has 1 nitrogen and oxygen atoms in total. The molecular weight excluding hydrogens is 831 g/mol. The Hall–Kier alpha value is -9.04. The molecule has 13 rings (SSSR count). The summed E-state index contributed by atoms with van der Waals surface area (Å²) in [7, 11) is 0. The van der Waals surface area contributed by atoms with Gasteiger partial charge >= 0.3 is 0 Å². The van der Waals surface area contributed by atoms with E-state index in [1.165, 1.54) is 109 Å². The molecule has 0 saturated heterocycles. The molecule has 0 aliphatic heterocycles. The maximum Gasteiger partial charge on any atom is 0.0462 e. The summed E-state index contributed by atoms with van der Waals surface area (Å²) in [5.74, 6) is 0. The minimum Gasteiger partial charge on any atom is -0.311 e. The van der Waals surface area contributed by atoms with Crippen molar-refractivity contribution < 1.29 is 0 Å². The van der Waals surface area contributed by atoms with E-state index in [0.29, 0.717) is 0 Å². The predicted molar refractivity (Wildman–Crippen MR) is 296 cm³/mol. The third-order valence-corrected chi connectivity index (χ3v) is 14.0. The normalized spacial score (nSPS) is 11.5. The number of benzene rings is 13. The van der Waals surface area contributed by atoms with E-state index in [9.17, 15) is 0 Å². The van der Waals surface area contributed by atoms with Gasteiger partial charge in [0.1, 0.15) is 0 Å². The Kier molecular flexibility index (Phi) is 9.91. The third kappa shape index (κ3) is 7.12. The maximum absolute atomic E-state index is 2.41. The van der Waals surface area contributed by atoms with Crippen LogP contribution in [0, 0.1) is 0 Å². The van der Waals surface area contributed by atoms with Gasteiger partial charge < -0.3 is 4.90 Å². The average Bonchev–Trinajstić information content (AvgIpc) is 3.43. The predicted octanol–water partition coefficient (Wildman–Crippen LogP) is 19.3. The summed E-state index contributed by atoms with van der Waals surface area (Å²) in [6.45, 7) is 0. The zero-order chi connectivity index (χ0) is 45.7. The second kappa shape index (κ2) is 17.0. The van der Waals surface area contributed by atoms with Crippen LogP contribution in [0.1, 0.15) is 0 Å². The second-order valence-corrected chi connectivity index (χ2v) is 18.0. The van der Waals surface area contributed by atoms with Crippen LogP contribution in [0.3, 0.4) is 0 Å². The summed E-state index contributed by atoms with van der Waals surface area (Å²) >= 11 is 0. The Morgan fingerprint density at radius 1 is 0.188 bits per heavy atom. The van der Waals surface area contributed by atoms with Crippen LogP contribution in [0.15, 0.2) is 273 Å². The van der Waals surface area contributed by atoms with Crippen molar-refractivity contribution in [2.75, 3.05) is 4.90 Å². The van der Waals surface area contributed by atoms with Crippen molar-refractivity contribution >= 4 is 70.9 Å². The fourth-order valence-electron chi connectivity index (χ4n) is 10.8. The molecule has 0 spiro atoms. The molecule has 0 bridgehead atoms. The van der Waals surface area contributed by atoms with Crippen molar-refractivity contribution in [2.45, 2.75) is 0 Å². The van der Waals surface area contributed by atoms with E-state index in [4.69, 9.17) is 0 Å². The highest BCUT2D eigenvalue weighted by atomic mass is 15.1. The Balaban J connectivity index is 0.933. The smallest absolute Gasteiger partial charge is 0.0462 e. The monoisotopic (exact) mass is 875 g/mol. The van der Waals surface area contributed by atoms with Gasteiger partial charge in [0.05, 0.1) is 0 Å². The van der Waals surface area contributed by atoms with E-state index in [0.717, 1.165) is 17.1 Å². The van der Waals surface area contributed by atoms with Gasteiger partial charge in [0, 0.05) is 17.1 Å². The first-order chi connectivity index (χ1) is 34.2. The van der Waals surface area contributed by atoms with Crippen molar-refractivity contribution in [1.82, 2.24) is 0 Å². The molecule has 0 amide bonds. The molecule has 0 aliphatic carbocycles. The quantitative estimate of drug-likeness (QED) is 0.138. The third-order valence-electron chi connectivity index (χ3n) is 14.0. The highest BCUT2D eigenvalue weighted by Crippen LogP contribution is 2.46. The molecule has 0 atom stereocenters. The first-order valence-corrected chi connectivity index (χ1v) is 23.8. The van der Waals surface area contributed by atoms with Crippen LogP contribution < -0.4 is 4.90 Å². The van der Waals surface area contributed by atoms with Crippen LogP contribution in [0.4, 0.5) is 17.1 Å². The SMILES string of the molecule is c1ccc(-c2c(-c3ccccc3)c3cc(-c4ccc(N(c5ccc(-c6cccc7ccccc67)cc5)c5ccc(-c6cc7ccccc7c7ccccc67)cc5)cc4)ccc3c3ccccc23)cc1. The topological polar surface area (TPSA) is 3.24 Å². The molecule has 0 unspecified atom stereocenters. The number of fused-ring (bicyclic) bond motifs is 7. The molecule has 0 saturated carbocycles. The Labute approximate surface area is 402 Å². The highest BCUT2D eigenvalue weighted by Gasteiger charge is 2.20. The van der Waals surface area contributed by atoms with Crippen molar-refractivity contribution in [3.05, 3.63) is 273 Å². The molecule has 13 aromatic carbocycles. The van der Waals surface area contributed by atoms with Crippen molar-refractivity contribution in [2.24, 2.45) is 0 Å². The molecule has 0 aromatic heterocycles. The lowest BCUT2D eigenvalue weighted by atomic mass is 9.84. The minimum absolute atomic E-state index is 1.09. The molecule has 1 heteroatoms. The van der Waals surface area contributed by atoms with E-state index < -0.39 is 0 Å². The molecule has 0 heterocycles. The van der Waals surface area contributed by atoms with Crippen LogP contribution in [0.2, 0.25) is 0 Å². The van der Waals surface area contributed by atoms with Crippen LogP contribution in [-0.2, 0) is 0 Å². The Morgan fingerprint density at radius 2 is 0.609 bits per heavy atom. The van der Waals surface area contributed by atoms with Crippen LogP contribution in [0.25, 0.3) is 109 Å². The minimum atomic E-state index is 1.09. The van der Waals surface area contributed by atoms with Gasteiger partial charge in [0.2, 0.25) is 0 Å². The fraction of sp³-hybridized carbons (Fsp3) is 0. The Bertz CT molecular complexity index is 4020. The lowest BCUT2D eigenvalue weighted by molar-refractivity contribution is 1.28. The van der Waals surface area contributed by atoms with E-state index in [1.54, 1.807) is 0 Å². The van der Waals surface area contributed by atoms with Crippen LogP contribution in [0.5, 0.6) is 0 Å². The van der Waals surface area contributed by atoms with Gasteiger partial charge in [0.25, 0.3) is 0 Å². The number of anilines is 3. The molecule has 0 N–H and O–H groups in total. The maximum atomic E-state index is 2.41. The molecule has 13 aromatic rings. The van der Waals surface area contributed by atoms with Gasteiger partial charge in [-0.1, -0.05) is 224 Å². The van der Waals surface area contributed by atoms with Gasteiger partial charge in [-0.2, -0.15) is 0 Å². The lowest BCUT2D eigenvalue weighted by Gasteiger charge is -2.26. The van der Waals surface area contributed by atoms with E-state index in [2.05, 4.69) is 278 Å². The standard InChI is InChI=1S/C68H45N/c1-3-17-50(18-4-1)67-64-28-14-13-26-61(64)63-43-36-52(44-66(63)68(67)51-19-5-2-6-20-51)46-30-37-54(38-31-46)69(55-39-32-48(33-40-55)58-29-15-22-47-16-7-9-23-57(47)58)56-41-34-49(35-42-56)65-45-53-21-8-10-24-59(53)60-25-11-12-27-62(60)65/h1-45H. The summed E-state index contributed by atoms with van der Waals surface area (Å²) in [6.07, 6.45) is 0. The summed E-state index contributed by atoms with van der Waals surface area (Å²) in [6, 6.07) is 100.0. The summed E-state index contributed by atoms with van der Waals surface area (Å²) in [5.41, 5.74) is 15.4. The van der Waals surface area contributed by atoms with Gasteiger partial charge in [0.15, 0.2) is 0 Å². The largest absolute Gasteiger partial charge is 0.311 e. The first-order valence-electron chi connectivity index (χ1n) is 23.8. The van der Waals surface area contributed by atoms with E-state index >= 15 is 0 Å². The Morgan fingerprint density at radius 3 is 1.23 bits per heavy atom. The van der Waals surface area contributed by atoms with Gasteiger partial charge in [-0.3, -0.25) is 0 Å². The number of hydrogen-bond donors (Lipinski definition) is 0. The number of hydrogen-bond acceptors (Lipinski definition) is 1. The van der Waals surface area contributed by atoms with E-state index in [-0.39, 0.29) is 0 Å². The number of rotatable bonds is 8. The molecule has 0 aliphatic rings. The zero-order valence-electron chi connectivity index (χ0n) is 37.9. The average molecular weight is 876 g/mol. The lowest BCUT2D eigenvalue weighted by Crippen LogP contribution is -2.09. The van der Waals surface area contributed by atoms with Crippen LogP contribution >= 0.6 is 0 Å². The summed E-state index contributed by atoms with van der Waals surface area (Å²) in [4.78, 5) is 2.38. The van der Waals surface area contributed by atoms with E-state index in [1.807, 2.05) is 0 Å². The van der Waals surface area contributed by atoms with Crippen molar-refractivity contribution in [3.63, 3.8) is 0 Å². The van der Waals surface area contributed by atoms with Gasteiger partial charge in [-0.25, -0.2) is 0 Å². The molecule has 0 radical (unpaired) electrons. The molecule has 0 fully saturated rings. The van der Waals surface area contributed by atoms with Crippen molar-refractivity contribution in [1.29, 1.82) is 0 Å².